The van der Waals surface area contributed by atoms with Crippen molar-refractivity contribution >= 4 is 34.8 Å². The van der Waals surface area contributed by atoms with Crippen molar-refractivity contribution in [3.63, 3.8) is 0 Å². The Bertz CT molecular complexity index is 906. The number of carbonyl (C=O) groups excluding carboxylic acids is 2. The number of methoxy groups -OCH3 is 1. The summed E-state index contributed by atoms with van der Waals surface area (Å²) in [6, 6.07) is 13.2. The van der Waals surface area contributed by atoms with Gasteiger partial charge in [0.2, 0.25) is 11.8 Å². The van der Waals surface area contributed by atoms with Crippen molar-refractivity contribution in [1.29, 1.82) is 0 Å². The molecule has 0 bridgehead atoms. The topological polar surface area (TPSA) is 58.6 Å². The Morgan fingerprint density at radius 2 is 1.96 bits per heavy atom. The Morgan fingerprint density at radius 3 is 2.61 bits per heavy atom. The standard InChI is InChI=1S/C22H23ClN2O3/c1-28-14-22(9-2-10-22)21(27)24-18-7-3-15(4-8-18)13-25-19-12-17(23)6-5-16(19)11-20(25)26/h3-8,12H,2,9-11,13-14H2,1H3,(H,24,27). The molecule has 5 nitrogen and oxygen atoms in total. The maximum atomic E-state index is 12.6. The number of nitrogens with one attached hydrogen (secondary N) is 1. The molecule has 28 heavy (non-hydrogen) atoms. The fraction of sp³-hybridized carbons (Fsp3) is 0.364. The average molecular weight is 399 g/mol. The number of hydrogen-bond acceptors (Lipinski definition) is 3. The van der Waals surface area contributed by atoms with Crippen LogP contribution in [0.4, 0.5) is 11.4 Å². The van der Waals surface area contributed by atoms with E-state index >= 15 is 0 Å². The molecule has 1 N–H and O–H groups in total. The smallest absolute Gasteiger partial charge is 0.232 e. The average Bonchev–Trinajstić information content (AvgIpc) is 2.94. The number of amides is 2. The summed E-state index contributed by atoms with van der Waals surface area (Å²) in [5.41, 5.74) is 3.24. The Hall–Kier alpha value is -2.37. The molecule has 4 rings (SSSR count). The number of rotatable bonds is 6. The van der Waals surface area contributed by atoms with Crippen molar-refractivity contribution in [3.8, 4) is 0 Å². The molecule has 2 aliphatic rings. The first-order chi connectivity index (χ1) is 13.5. The zero-order chi connectivity index (χ0) is 19.7. The number of anilines is 2. The second-order valence-corrected chi connectivity index (χ2v) is 8.08. The monoisotopic (exact) mass is 398 g/mol. The summed E-state index contributed by atoms with van der Waals surface area (Å²) in [7, 11) is 1.63. The summed E-state index contributed by atoms with van der Waals surface area (Å²) >= 11 is 6.10. The van der Waals surface area contributed by atoms with Crippen LogP contribution in [0.25, 0.3) is 0 Å². The highest BCUT2D eigenvalue weighted by Crippen LogP contribution is 2.42. The van der Waals surface area contributed by atoms with E-state index in [4.69, 9.17) is 16.3 Å². The molecule has 0 radical (unpaired) electrons. The van der Waals surface area contributed by atoms with Crippen LogP contribution >= 0.6 is 11.6 Å². The number of halogens is 1. The molecule has 0 aromatic heterocycles. The lowest BCUT2D eigenvalue weighted by Crippen LogP contribution is -2.45. The number of nitrogens with zero attached hydrogens (tertiary/aromatic N) is 1. The summed E-state index contributed by atoms with van der Waals surface area (Å²) in [5, 5.41) is 3.63. The largest absolute Gasteiger partial charge is 0.384 e. The molecule has 0 unspecified atom stereocenters. The van der Waals surface area contributed by atoms with Crippen LogP contribution in [-0.4, -0.2) is 25.5 Å². The maximum absolute atomic E-state index is 12.6. The first-order valence-electron chi connectivity index (χ1n) is 9.49. The third-order valence-corrected chi connectivity index (χ3v) is 5.98. The van der Waals surface area contributed by atoms with E-state index in [1.54, 1.807) is 12.0 Å². The molecule has 146 valence electrons. The summed E-state index contributed by atoms with van der Waals surface area (Å²) < 4.78 is 5.24. The molecular weight excluding hydrogens is 376 g/mol. The molecule has 0 saturated heterocycles. The molecule has 0 atom stereocenters. The molecule has 1 aliphatic carbocycles. The van der Waals surface area contributed by atoms with Gasteiger partial charge in [-0.1, -0.05) is 36.2 Å². The van der Waals surface area contributed by atoms with Crippen molar-refractivity contribution in [2.45, 2.75) is 32.2 Å². The van der Waals surface area contributed by atoms with E-state index in [0.29, 0.717) is 24.6 Å². The minimum atomic E-state index is -0.391. The molecule has 6 heteroatoms. The van der Waals surface area contributed by atoms with Crippen LogP contribution in [0, 0.1) is 5.41 Å². The van der Waals surface area contributed by atoms with E-state index in [1.165, 1.54) is 0 Å². The lowest BCUT2D eigenvalue weighted by molar-refractivity contribution is -0.134. The van der Waals surface area contributed by atoms with Crippen LogP contribution in [0.1, 0.15) is 30.4 Å². The Balaban J connectivity index is 1.44. The normalized spacial score (nSPS) is 17.2. The van der Waals surface area contributed by atoms with Crippen molar-refractivity contribution in [1.82, 2.24) is 0 Å². The van der Waals surface area contributed by atoms with E-state index in [-0.39, 0.29) is 11.8 Å². The minimum absolute atomic E-state index is 0.0200. The van der Waals surface area contributed by atoms with Gasteiger partial charge in [-0.05, 0) is 48.2 Å². The quantitative estimate of drug-likeness (QED) is 0.793. The fourth-order valence-electron chi connectivity index (χ4n) is 3.96. The lowest BCUT2D eigenvalue weighted by atomic mass is 9.68. The van der Waals surface area contributed by atoms with Gasteiger partial charge in [-0.3, -0.25) is 9.59 Å². The van der Waals surface area contributed by atoms with E-state index in [2.05, 4.69) is 5.32 Å². The Morgan fingerprint density at radius 1 is 1.21 bits per heavy atom. The van der Waals surface area contributed by atoms with Gasteiger partial charge >= 0.3 is 0 Å². The predicted molar refractivity (Wildman–Crippen MR) is 110 cm³/mol. The molecule has 1 heterocycles. The maximum Gasteiger partial charge on any atom is 0.232 e. The number of hydrogen-bond donors (Lipinski definition) is 1. The second-order valence-electron chi connectivity index (χ2n) is 7.65. The van der Waals surface area contributed by atoms with Gasteiger partial charge in [0.15, 0.2) is 0 Å². The molecular formula is C22H23ClN2O3. The van der Waals surface area contributed by atoms with Crippen molar-refractivity contribution in [3.05, 3.63) is 58.6 Å². The van der Waals surface area contributed by atoms with Gasteiger partial charge in [-0.2, -0.15) is 0 Å². The van der Waals surface area contributed by atoms with Gasteiger partial charge in [-0.15, -0.1) is 0 Å². The van der Waals surface area contributed by atoms with Crippen LogP contribution in [0.5, 0.6) is 0 Å². The highest BCUT2D eigenvalue weighted by molar-refractivity contribution is 6.31. The van der Waals surface area contributed by atoms with Crippen LogP contribution in [-0.2, 0) is 27.3 Å². The molecule has 2 aromatic rings. The van der Waals surface area contributed by atoms with Gasteiger partial charge in [0.1, 0.15) is 0 Å². The summed E-state index contributed by atoms with van der Waals surface area (Å²) in [6.07, 6.45) is 3.20. The predicted octanol–water partition coefficient (Wildman–Crippen LogP) is 4.18. The van der Waals surface area contributed by atoms with Gasteiger partial charge in [0.05, 0.1) is 25.0 Å². The van der Waals surface area contributed by atoms with Crippen molar-refractivity contribution in [2.75, 3.05) is 23.9 Å². The minimum Gasteiger partial charge on any atom is -0.384 e. The molecule has 2 aromatic carbocycles. The highest BCUT2D eigenvalue weighted by atomic mass is 35.5. The summed E-state index contributed by atoms with van der Waals surface area (Å²) in [5.74, 6) is 0.0905. The van der Waals surface area contributed by atoms with E-state index in [9.17, 15) is 9.59 Å². The van der Waals surface area contributed by atoms with Crippen LogP contribution in [0.15, 0.2) is 42.5 Å². The Labute approximate surface area is 169 Å². The number of ether oxygens (including phenoxy) is 1. The van der Waals surface area contributed by atoms with E-state index < -0.39 is 5.41 Å². The van der Waals surface area contributed by atoms with Gasteiger partial charge in [-0.25, -0.2) is 0 Å². The first-order valence-corrected chi connectivity index (χ1v) is 9.87. The molecule has 1 saturated carbocycles. The van der Waals surface area contributed by atoms with Crippen molar-refractivity contribution < 1.29 is 14.3 Å². The van der Waals surface area contributed by atoms with E-state index in [1.807, 2.05) is 42.5 Å². The lowest BCUT2D eigenvalue weighted by Gasteiger charge is -2.39. The summed E-state index contributed by atoms with van der Waals surface area (Å²) in [6.45, 7) is 0.934. The van der Waals surface area contributed by atoms with Crippen LogP contribution in [0.2, 0.25) is 5.02 Å². The van der Waals surface area contributed by atoms with Gasteiger partial charge < -0.3 is 15.0 Å². The molecule has 0 spiro atoms. The third-order valence-electron chi connectivity index (χ3n) is 5.75. The van der Waals surface area contributed by atoms with Crippen LogP contribution < -0.4 is 10.2 Å². The SMILES string of the molecule is COCC1(C(=O)Nc2ccc(CN3C(=O)Cc4ccc(Cl)cc43)cc2)CCC1. The van der Waals surface area contributed by atoms with Gasteiger partial charge in [0.25, 0.3) is 0 Å². The fourth-order valence-corrected chi connectivity index (χ4v) is 4.13. The van der Waals surface area contributed by atoms with E-state index in [0.717, 1.165) is 41.8 Å². The number of carbonyl (C=O) groups is 2. The van der Waals surface area contributed by atoms with Gasteiger partial charge in [0, 0.05) is 23.5 Å². The third kappa shape index (κ3) is 3.52. The molecule has 1 fully saturated rings. The molecule has 1 aliphatic heterocycles. The highest BCUT2D eigenvalue weighted by Gasteiger charge is 2.44. The van der Waals surface area contributed by atoms with Crippen molar-refractivity contribution in [2.24, 2.45) is 5.41 Å². The number of benzene rings is 2. The van der Waals surface area contributed by atoms with Crippen LogP contribution in [0.3, 0.4) is 0 Å². The Kier molecular flexibility index (Phi) is 5.13. The summed E-state index contributed by atoms with van der Waals surface area (Å²) in [4.78, 5) is 26.8. The zero-order valence-corrected chi connectivity index (χ0v) is 16.6. The number of fused-ring (bicyclic) bond motifs is 1. The molecule has 2 amide bonds. The second kappa shape index (κ2) is 7.57. The first kappa shape index (κ1) is 19.0. The zero-order valence-electron chi connectivity index (χ0n) is 15.8.